The van der Waals surface area contributed by atoms with Gasteiger partial charge in [-0.15, -0.1) is 0 Å². The van der Waals surface area contributed by atoms with Crippen LogP contribution in [-0.2, 0) is 22.6 Å². The molecular weight excluding hydrogens is 326 g/mol. The van der Waals surface area contributed by atoms with Gasteiger partial charge < -0.3 is 9.47 Å². The highest BCUT2D eigenvalue weighted by molar-refractivity contribution is 7.07. The Morgan fingerprint density at radius 3 is 3.17 bits per heavy atom. The number of esters is 1. The molecular formula is C17H23N3O3S. The highest BCUT2D eigenvalue weighted by Crippen LogP contribution is 2.19. The van der Waals surface area contributed by atoms with E-state index in [4.69, 9.17) is 9.47 Å². The van der Waals surface area contributed by atoms with Gasteiger partial charge in [-0.3, -0.25) is 10.00 Å². The Kier molecular flexibility index (Phi) is 6.01. The lowest BCUT2D eigenvalue weighted by molar-refractivity contribution is 0.0513. The number of rotatable bonds is 8. The molecule has 0 spiro atoms. The van der Waals surface area contributed by atoms with Crippen LogP contribution in [0.15, 0.2) is 23.0 Å². The van der Waals surface area contributed by atoms with E-state index in [0.29, 0.717) is 18.8 Å². The molecule has 24 heavy (non-hydrogen) atoms. The Bertz CT molecular complexity index is 635. The number of nitrogens with one attached hydrogen (secondary N) is 1. The molecule has 1 N–H and O–H groups in total. The van der Waals surface area contributed by atoms with Crippen molar-refractivity contribution in [1.82, 2.24) is 15.1 Å². The Balaban J connectivity index is 1.70. The Hall–Kier alpha value is -1.70. The maximum absolute atomic E-state index is 12.0. The summed E-state index contributed by atoms with van der Waals surface area (Å²) in [6.07, 6.45) is 4.19. The number of aromatic amines is 1. The summed E-state index contributed by atoms with van der Waals surface area (Å²) in [5, 5.41) is 11.0. The molecule has 0 bridgehead atoms. The highest BCUT2D eigenvalue weighted by Gasteiger charge is 2.22. The molecule has 0 aromatic carbocycles. The molecule has 1 aliphatic rings. The van der Waals surface area contributed by atoms with E-state index < -0.39 is 0 Å². The summed E-state index contributed by atoms with van der Waals surface area (Å²) in [6.45, 7) is 5.32. The average Bonchev–Trinajstić information content (AvgIpc) is 3.29. The molecule has 1 atom stereocenters. The second kappa shape index (κ2) is 8.41. The van der Waals surface area contributed by atoms with Gasteiger partial charge in [0.15, 0.2) is 0 Å². The van der Waals surface area contributed by atoms with Crippen molar-refractivity contribution in [1.29, 1.82) is 0 Å². The molecule has 1 saturated heterocycles. The number of carbonyl (C=O) groups is 1. The van der Waals surface area contributed by atoms with E-state index in [2.05, 4.69) is 31.9 Å². The summed E-state index contributed by atoms with van der Waals surface area (Å²) in [7, 11) is 0. The number of H-pyrrole nitrogens is 1. The van der Waals surface area contributed by atoms with Crippen LogP contribution < -0.4 is 0 Å². The summed E-state index contributed by atoms with van der Waals surface area (Å²) < 4.78 is 10.9. The summed E-state index contributed by atoms with van der Waals surface area (Å²) in [6, 6.07) is 2.13. The molecule has 0 aliphatic carbocycles. The SMILES string of the molecule is CCOC(=O)c1[nH]ncc1CN(Cc1ccsc1)C[C@H]1CCCO1. The first-order valence-electron chi connectivity index (χ1n) is 8.30. The molecule has 0 radical (unpaired) electrons. The minimum Gasteiger partial charge on any atom is -0.461 e. The fourth-order valence-corrected chi connectivity index (χ4v) is 3.61. The number of carbonyl (C=O) groups excluding carboxylic acids is 1. The average molecular weight is 349 g/mol. The van der Waals surface area contributed by atoms with Gasteiger partial charge in [-0.05, 0) is 42.2 Å². The molecule has 7 heteroatoms. The number of hydrogen-bond acceptors (Lipinski definition) is 6. The van der Waals surface area contributed by atoms with Crippen molar-refractivity contribution in [2.45, 2.75) is 39.0 Å². The summed E-state index contributed by atoms with van der Waals surface area (Å²) in [4.78, 5) is 14.3. The van der Waals surface area contributed by atoms with Gasteiger partial charge in [-0.1, -0.05) is 0 Å². The number of aromatic nitrogens is 2. The van der Waals surface area contributed by atoms with Crippen molar-refractivity contribution in [3.8, 4) is 0 Å². The molecule has 2 aromatic rings. The predicted molar refractivity (Wildman–Crippen MR) is 92.0 cm³/mol. The molecule has 0 amide bonds. The Labute approximate surface area is 145 Å². The quantitative estimate of drug-likeness (QED) is 0.742. The van der Waals surface area contributed by atoms with Gasteiger partial charge in [0, 0.05) is 31.8 Å². The summed E-state index contributed by atoms with van der Waals surface area (Å²) in [5.41, 5.74) is 2.58. The fourth-order valence-electron chi connectivity index (χ4n) is 2.95. The summed E-state index contributed by atoms with van der Waals surface area (Å²) >= 11 is 1.70. The zero-order chi connectivity index (χ0) is 16.8. The zero-order valence-corrected chi connectivity index (χ0v) is 14.7. The van der Waals surface area contributed by atoms with Crippen LogP contribution in [0.4, 0.5) is 0 Å². The third-order valence-electron chi connectivity index (χ3n) is 4.06. The van der Waals surface area contributed by atoms with E-state index in [1.54, 1.807) is 24.5 Å². The lowest BCUT2D eigenvalue weighted by Crippen LogP contribution is -2.31. The molecule has 3 rings (SSSR count). The van der Waals surface area contributed by atoms with Crippen LogP contribution in [0.3, 0.4) is 0 Å². The van der Waals surface area contributed by atoms with Gasteiger partial charge >= 0.3 is 5.97 Å². The maximum Gasteiger partial charge on any atom is 0.356 e. The van der Waals surface area contributed by atoms with Crippen LogP contribution in [0, 0.1) is 0 Å². The lowest BCUT2D eigenvalue weighted by atomic mass is 10.1. The van der Waals surface area contributed by atoms with Crippen LogP contribution >= 0.6 is 11.3 Å². The second-order valence-corrected chi connectivity index (χ2v) is 6.71. The van der Waals surface area contributed by atoms with Gasteiger partial charge in [0.25, 0.3) is 0 Å². The van der Waals surface area contributed by atoms with Crippen molar-refractivity contribution in [2.75, 3.05) is 19.8 Å². The van der Waals surface area contributed by atoms with Crippen LogP contribution in [0.2, 0.25) is 0 Å². The molecule has 130 valence electrons. The molecule has 1 fully saturated rings. The Morgan fingerprint density at radius 2 is 2.46 bits per heavy atom. The predicted octanol–water partition coefficient (Wildman–Crippen LogP) is 2.83. The van der Waals surface area contributed by atoms with E-state index >= 15 is 0 Å². The molecule has 6 nitrogen and oxygen atoms in total. The standard InChI is InChI=1S/C17H23N3O3S/c1-2-22-17(21)16-14(8-18-19-16)10-20(9-13-5-7-24-12-13)11-15-4-3-6-23-15/h5,7-8,12,15H,2-4,6,9-11H2,1H3,(H,18,19)/t15-/m1/s1. The van der Waals surface area contributed by atoms with Crippen molar-refractivity contribution < 1.29 is 14.3 Å². The smallest absolute Gasteiger partial charge is 0.356 e. The first kappa shape index (κ1) is 17.1. The number of hydrogen-bond donors (Lipinski definition) is 1. The van der Waals surface area contributed by atoms with Gasteiger partial charge in [0.05, 0.1) is 18.9 Å². The van der Waals surface area contributed by atoms with E-state index in [9.17, 15) is 4.79 Å². The zero-order valence-electron chi connectivity index (χ0n) is 13.9. The van der Waals surface area contributed by atoms with Crippen molar-refractivity contribution in [3.63, 3.8) is 0 Å². The lowest BCUT2D eigenvalue weighted by Gasteiger charge is -2.24. The third-order valence-corrected chi connectivity index (χ3v) is 4.80. The second-order valence-electron chi connectivity index (χ2n) is 5.93. The molecule has 2 aromatic heterocycles. The van der Waals surface area contributed by atoms with Gasteiger partial charge in [-0.2, -0.15) is 16.4 Å². The van der Waals surface area contributed by atoms with Crippen LogP contribution in [0.25, 0.3) is 0 Å². The molecule has 0 unspecified atom stereocenters. The number of nitrogens with zero attached hydrogens (tertiary/aromatic N) is 2. The fraction of sp³-hybridized carbons (Fsp3) is 0.529. The molecule has 0 saturated carbocycles. The van der Waals surface area contributed by atoms with E-state index in [0.717, 1.165) is 38.1 Å². The van der Waals surface area contributed by atoms with Crippen molar-refractivity contribution >= 4 is 17.3 Å². The minimum absolute atomic E-state index is 0.265. The van der Waals surface area contributed by atoms with Crippen LogP contribution in [0.5, 0.6) is 0 Å². The van der Waals surface area contributed by atoms with Crippen LogP contribution in [-0.4, -0.2) is 46.9 Å². The maximum atomic E-state index is 12.0. The van der Waals surface area contributed by atoms with Gasteiger partial charge in [-0.25, -0.2) is 4.79 Å². The third kappa shape index (κ3) is 4.43. The molecule has 1 aliphatic heterocycles. The van der Waals surface area contributed by atoms with Crippen LogP contribution in [0.1, 0.15) is 41.4 Å². The van der Waals surface area contributed by atoms with Gasteiger partial charge in [0.1, 0.15) is 5.69 Å². The van der Waals surface area contributed by atoms with Gasteiger partial charge in [0.2, 0.25) is 0 Å². The van der Waals surface area contributed by atoms with Crippen molar-refractivity contribution in [2.24, 2.45) is 0 Å². The Morgan fingerprint density at radius 1 is 1.54 bits per heavy atom. The monoisotopic (exact) mass is 349 g/mol. The number of thiophene rings is 1. The van der Waals surface area contributed by atoms with E-state index in [1.165, 1.54) is 5.56 Å². The normalized spacial score (nSPS) is 17.5. The molecule has 3 heterocycles. The first-order valence-corrected chi connectivity index (χ1v) is 9.25. The van der Waals surface area contributed by atoms with E-state index in [1.807, 2.05) is 0 Å². The van der Waals surface area contributed by atoms with Crippen molar-refractivity contribution in [3.05, 3.63) is 39.8 Å². The number of ether oxygens (including phenoxy) is 2. The summed E-state index contributed by atoms with van der Waals surface area (Å²) in [5.74, 6) is -0.349. The van der Waals surface area contributed by atoms with E-state index in [-0.39, 0.29) is 12.1 Å². The first-order chi connectivity index (χ1) is 11.8. The topological polar surface area (TPSA) is 67.5 Å². The minimum atomic E-state index is -0.349. The largest absolute Gasteiger partial charge is 0.461 e. The highest BCUT2D eigenvalue weighted by atomic mass is 32.1.